The minimum Gasteiger partial charge on any atom is -0.469 e. The van der Waals surface area contributed by atoms with E-state index in [1.807, 2.05) is 0 Å². The van der Waals surface area contributed by atoms with Crippen LogP contribution in [-0.4, -0.2) is 148 Å². The van der Waals surface area contributed by atoms with Crippen LogP contribution in [0.15, 0.2) is 0 Å². The Morgan fingerprint density at radius 2 is 1.48 bits per heavy atom. The lowest BCUT2D eigenvalue weighted by Gasteiger charge is -2.37. The largest absolute Gasteiger partial charge is 0.469 e. The highest BCUT2D eigenvalue weighted by atomic mass is 16.5. The Morgan fingerprint density at radius 1 is 0.903 bits per heavy atom. The Hall–Kier alpha value is -1.79. The topological polar surface area (TPSA) is 118 Å². The summed E-state index contributed by atoms with van der Waals surface area (Å²) in [5, 5.41) is 17.8. The van der Waals surface area contributed by atoms with Crippen LogP contribution in [0.1, 0.15) is 6.42 Å². The summed E-state index contributed by atoms with van der Waals surface area (Å²) < 4.78 is 4.89. The number of hydrogen-bond donors (Lipinski definition) is 3. The molecule has 0 aromatic carbocycles. The molecule has 2 unspecified atom stereocenters. The van der Waals surface area contributed by atoms with Gasteiger partial charge in [-0.3, -0.25) is 24.2 Å². The van der Waals surface area contributed by atoms with Crippen molar-refractivity contribution in [1.82, 2.24) is 30.2 Å². The Morgan fingerprint density at radius 3 is 2.10 bits per heavy atom. The number of aliphatic hydroxyl groups is 1. The number of ether oxygens (including phenoxy) is 1. The summed E-state index contributed by atoms with van der Waals surface area (Å²) in [7, 11) is 1.35. The van der Waals surface area contributed by atoms with Crippen LogP contribution in [0.3, 0.4) is 0 Å². The van der Waals surface area contributed by atoms with Crippen LogP contribution in [0.5, 0.6) is 0 Å². The third kappa shape index (κ3) is 9.08. The monoisotopic (exact) mass is 442 g/mol. The number of amides is 2. The first-order valence-corrected chi connectivity index (χ1v) is 11.1. The molecule has 178 valence electrons. The Labute approximate surface area is 184 Å². The van der Waals surface area contributed by atoms with E-state index >= 15 is 0 Å². The van der Waals surface area contributed by atoms with Crippen molar-refractivity contribution < 1.29 is 24.2 Å². The van der Waals surface area contributed by atoms with E-state index in [-0.39, 0.29) is 12.4 Å². The molecule has 0 aliphatic carbocycles. The van der Waals surface area contributed by atoms with E-state index in [1.54, 1.807) is 9.80 Å². The molecule has 2 heterocycles. The Kier molecular flexibility index (Phi) is 11.8. The van der Waals surface area contributed by atoms with Crippen molar-refractivity contribution in [3.63, 3.8) is 0 Å². The van der Waals surface area contributed by atoms with E-state index in [1.165, 1.54) is 7.11 Å². The second-order valence-corrected chi connectivity index (χ2v) is 8.03. The van der Waals surface area contributed by atoms with Gasteiger partial charge in [0.25, 0.3) is 0 Å². The standard InChI is InChI=1S/C20H38N6O5/c1-31-20(30)14-18(26-9-5-22-4-8-25(17-28)12-13-26)19(29)15-23-6-2-21-3-7-24(16-27)11-10-23/h16-19,21-22,29H,2-15H2,1H3. The Balaban J connectivity index is 2.07. The number of methoxy groups -OCH3 is 1. The minimum atomic E-state index is -0.782. The van der Waals surface area contributed by atoms with Gasteiger partial charge < -0.3 is 30.3 Å². The highest BCUT2D eigenvalue weighted by Crippen LogP contribution is 2.13. The molecule has 0 saturated carbocycles. The average molecular weight is 443 g/mol. The molecule has 0 aromatic heterocycles. The lowest BCUT2D eigenvalue weighted by Crippen LogP contribution is -2.53. The van der Waals surface area contributed by atoms with Gasteiger partial charge in [0.1, 0.15) is 0 Å². The van der Waals surface area contributed by atoms with Crippen LogP contribution in [0.2, 0.25) is 0 Å². The number of carbonyl (C=O) groups is 3. The molecule has 0 radical (unpaired) electrons. The minimum absolute atomic E-state index is 0.0747. The maximum Gasteiger partial charge on any atom is 0.307 e. The summed E-state index contributed by atoms with van der Waals surface area (Å²) in [6.07, 6.45) is 0.989. The summed E-state index contributed by atoms with van der Waals surface area (Å²) in [6, 6.07) is -0.427. The van der Waals surface area contributed by atoms with Gasteiger partial charge in [0.05, 0.1) is 19.6 Å². The first-order chi connectivity index (χ1) is 15.1. The molecule has 31 heavy (non-hydrogen) atoms. The third-order valence-corrected chi connectivity index (χ3v) is 5.97. The van der Waals surface area contributed by atoms with Crippen LogP contribution >= 0.6 is 0 Å². The Bertz CT molecular complexity index is 554. The number of nitrogens with zero attached hydrogens (tertiary/aromatic N) is 4. The molecule has 2 rings (SSSR count). The molecule has 0 spiro atoms. The number of rotatable bonds is 8. The van der Waals surface area contributed by atoms with Crippen molar-refractivity contribution in [3.8, 4) is 0 Å². The van der Waals surface area contributed by atoms with Crippen molar-refractivity contribution in [1.29, 1.82) is 0 Å². The molecule has 2 fully saturated rings. The van der Waals surface area contributed by atoms with Crippen LogP contribution < -0.4 is 10.6 Å². The number of esters is 1. The van der Waals surface area contributed by atoms with Crippen molar-refractivity contribution in [2.24, 2.45) is 0 Å². The normalized spacial score (nSPS) is 22.6. The fraction of sp³-hybridized carbons (Fsp3) is 0.850. The lowest BCUT2D eigenvalue weighted by atomic mass is 10.0. The molecular weight excluding hydrogens is 404 g/mol. The van der Waals surface area contributed by atoms with E-state index in [4.69, 9.17) is 4.74 Å². The van der Waals surface area contributed by atoms with Gasteiger partial charge in [-0.1, -0.05) is 0 Å². The zero-order valence-electron chi connectivity index (χ0n) is 18.6. The highest BCUT2D eigenvalue weighted by molar-refractivity contribution is 5.70. The van der Waals surface area contributed by atoms with Crippen molar-refractivity contribution in [2.75, 3.05) is 92.2 Å². The molecule has 0 aromatic rings. The summed E-state index contributed by atoms with van der Waals surface area (Å²) in [4.78, 5) is 42.2. The lowest BCUT2D eigenvalue weighted by molar-refractivity contribution is -0.143. The van der Waals surface area contributed by atoms with Gasteiger partial charge in [-0.05, 0) is 0 Å². The maximum absolute atomic E-state index is 12.1. The summed E-state index contributed by atoms with van der Waals surface area (Å²) in [5.41, 5.74) is 0. The molecule has 2 aliphatic heterocycles. The van der Waals surface area contributed by atoms with Gasteiger partial charge >= 0.3 is 5.97 Å². The fourth-order valence-corrected chi connectivity index (χ4v) is 4.00. The van der Waals surface area contributed by atoms with E-state index < -0.39 is 12.1 Å². The molecule has 11 heteroatoms. The summed E-state index contributed by atoms with van der Waals surface area (Å²) >= 11 is 0. The van der Waals surface area contributed by atoms with Gasteiger partial charge in [0.2, 0.25) is 12.8 Å². The molecule has 11 nitrogen and oxygen atoms in total. The number of nitrogens with one attached hydrogen (secondary N) is 2. The van der Waals surface area contributed by atoms with Gasteiger partial charge in [-0.2, -0.15) is 0 Å². The second kappa shape index (κ2) is 14.3. The van der Waals surface area contributed by atoms with Crippen molar-refractivity contribution in [2.45, 2.75) is 18.6 Å². The van der Waals surface area contributed by atoms with Gasteiger partial charge in [0.15, 0.2) is 0 Å². The number of hydrogen-bond acceptors (Lipinski definition) is 9. The zero-order chi connectivity index (χ0) is 22.5. The molecule has 2 atom stereocenters. The smallest absolute Gasteiger partial charge is 0.307 e. The SMILES string of the molecule is COC(=O)CC(C(O)CN1CCNCCN(C=O)CC1)N1CCNCCN(C=O)CC1. The van der Waals surface area contributed by atoms with Crippen molar-refractivity contribution in [3.05, 3.63) is 0 Å². The van der Waals surface area contributed by atoms with Crippen LogP contribution in [0.25, 0.3) is 0 Å². The number of aliphatic hydroxyl groups excluding tert-OH is 1. The number of carbonyl (C=O) groups excluding carboxylic acids is 3. The highest BCUT2D eigenvalue weighted by Gasteiger charge is 2.31. The molecule has 3 N–H and O–H groups in total. The quantitative estimate of drug-likeness (QED) is 0.267. The van der Waals surface area contributed by atoms with Gasteiger partial charge in [-0.25, -0.2) is 0 Å². The second-order valence-electron chi connectivity index (χ2n) is 8.03. The summed E-state index contributed by atoms with van der Waals surface area (Å²) in [6.45, 7) is 8.38. The van der Waals surface area contributed by atoms with Crippen LogP contribution in [0, 0.1) is 0 Å². The zero-order valence-corrected chi connectivity index (χ0v) is 18.6. The molecule has 2 saturated heterocycles. The predicted octanol–water partition coefficient (Wildman–Crippen LogP) is -2.99. The van der Waals surface area contributed by atoms with E-state index in [0.717, 1.165) is 32.5 Å². The summed E-state index contributed by atoms with van der Waals surface area (Å²) in [5.74, 6) is -0.373. The molecule has 2 aliphatic rings. The third-order valence-electron chi connectivity index (χ3n) is 5.97. The van der Waals surface area contributed by atoms with E-state index in [9.17, 15) is 19.5 Å². The first kappa shape index (κ1) is 25.5. The first-order valence-electron chi connectivity index (χ1n) is 11.1. The van der Waals surface area contributed by atoms with Crippen LogP contribution in [0.4, 0.5) is 0 Å². The molecular formula is C20H38N6O5. The van der Waals surface area contributed by atoms with Crippen molar-refractivity contribution >= 4 is 18.8 Å². The maximum atomic E-state index is 12.1. The van der Waals surface area contributed by atoms with Gasteiger partial charge in [0, 0.05) is 91.1 Å². The van der Waals surface area contributed by atoms with E-state index in [2.05, 4.69) is 20.4 Å². The van der Waals surface area contributed by atoms with Crippen LogP contribution in [-0.2, 0) is 19.1 Å². The fourth-order valence-electron chi connectivity index (χ4n) is 4.00. The molecule has 2 amide bonds. The van der Waals surface area contributed by atoms with Gasteiger partial charge in [-0.15, -0.1) is 0 Å². The average Bonchev–Trinajstić information content (AvgIpc) is 2.97. The van der Waals surface area contributed by atoms with E-state index in [0.29, 0.717) is 65.4 Å². The number of β-amino-alcohol motifs (C(OH)–C–C–N with tert-alkyl or cyclic N) is 1. The molecule has 0 bridgehead atoms. The predicted molar refractivity (Wildman–Crippen MR) is 115 cm³/mol.